The van der Waals surface area contributed by atoms with Crippen LogP contribution < -0.4 is 15.0 Å². The summed E-state index contributed by atoms with van der Waals surface area (Å²) in [5, 5.41) is 4.25. The van der Waals surface area contributed by atoms with Gasteiger partial charge in [0.25, 0.3) is 0 Å². The number of carbonyl (C=O) groups is 1. The molecule has 0 spiro atoms. The van der Waals surface area contributed by atoms with E-state index in [4.69, 9.17) is 9.72 Å². The number of ether oxygens (including phenoxy) is 1. The second-order valence-electron chi connectivity index (χ2n) is 9.05. The highest BCUT2D eigenvalue weighted by Gasteiger charge is 2.28. The average molecular weight is 499 g/mol. The Hall–Kier alpha value is -3.71. The van der Waals surface area contributed by atoms with Crippen LogP contribution in [0.25, 0.3) is 0 Å². The molecule has 2 heterocycles. The molecule has 1 saturated heterocycles. The van der Waals surface area contributed by atoms with Crippen LogP contribution in [0.3, 0.4) is 0 Å². The molecule has 5 rings (SSSR count). The quantitative estimate of drug-likeness (QED) is 0.359. The van der Waals surface area contributed by atoms with E-state index in [1.807, 2.05) is 54.6 Å². The lowest BCUT2D eigenvalue weighted by Gasteiger charge is -2.32. The molecule has 0 unspecified atom stereocenters. The number of piperidine rings is 1. The Morgan fingerprint density at radius 1 is 1.00 bits per heavy atom. The van der Waals surface area contributed by atoms with Crippen molar-refractivity contribution in [3.63, 3.8) is 0 Å². The van der Waals surface area contributed by atoms with Crippen LogP contribution in [0.15, 0.2) is 84.9 Å². The molecular weight excluding hydrogens is 468 g/mol. The molecule has 1 aromatic heterocycles. The molecule has 0 aliphatic carbocycles. The van der Waals surface area contributed by atoms with Crippen molar-refractivity contribution in [1.29, 1.82) is 0 Å². The summed E-state index contributed by atoms with van der Waals surface area (Å²) in [5.74, 6) is 1.76. The normalized spacial score (nSPS) is 14.1. The van der Waals surface area contributed by atoms with Crippen LogP contribution in [-0.4, -0.2) is 35.5 Å². The van der Waals surface area contributed by atoms with Crippen molar-refractivity contribution in [2.45, 2.75) is 25.3 Å². The molecule has 1 aliphatic rings. The Morgan fingerprint density at radius 3 is 2.31 bits per heavy atom. The van der Waals surface area contributed by atoms with Gasteiger partial charge in [0.05, 0.1) is 13.2 Å². The number of hydrogen-bond donors (Lipinski definition) is 1. The van der Waals surface area contributed by atoms with Crippen molar-refractivity contribution >= 4 is 22.6 Å². The van der Waals surface area contributed by atoms with Crippen molar-refractivity contribution in [2.75, 3.05) is 25.1 Å². The first-order chi connectivity index (χ1) is 17.7. The first-order valence-corrected chi connectivity index (χ1v) is 13.1. The van der Waals surface area contributed by atoms with E-state index in [2.05, 4.69) is 44.9 Å². The van der Waals surface area contributed by atoms with E-state index >= 15 is 0 Å². The summed E-state index contributed by atoms with van der Waals surface area (Å²) in [4.78, 5) is 20.3. The van der Waals surface area contributed by atoms with Crippen molar-refractivity contribution < 1.29 is 9.53 Å². The summed E-state index contributed by atoms with van der Waals surface area (Å²) in [6, 6.07) is 28.2. The van der Waals surface area contributed by atoms with Gasteiger partial charge in [-0.05, 0) is 41.7 Å². The second-order valence-corrected chi connectivity index (χ2v) is 9.78. The molecule has 6 nitrogen and oxygen atoms in total. The number of anilines is 1. The summed E-state index contributed by atoms with van der Waals surface area (Å²) in [6.07, 6.45) is 2.27. The smallest absolute Gasteiger partial charge is 0.223 e. The maximum atomic E-state index is 13.3. The minimum absolute atomic E-state index is 0.0136. The van der Waals surface area contributed by atoms with Crippen LogP contribution in [0.2, 0.25) is 0 Å². The van der Waals surface area contributed by atoms with Gasteiger partial charge in [-0.25, -0.2) is 4.98 Å². The fourth-order valence-corrected chi connectivity index (χ4v) is 5.39. The van der Waals surface area contributed by atoms with Gasteiger partial charge in [0.15, 0.2) is 0 Å². The Kier molecular flexibility index (Phi) is 7.57. The molecule has 0 saturated carbocycles. The minimum atomic E-state index is -0.153. The van der Waals surface area contributed by atoms with Gasteiger partial charge in [0, 0.05) is 37.0 Å². The zero-order chi connectivity index (χ0) is 24.7. The van der Waals surface area contributed by atoms with Gasteiger partial charge in [-0.3, -0.25) is 4.79 Å². The zero-order valence-electron chi connectivity index (χ0n) is 20.3. The number of hydrogen-bond acceptors (Lipinski definition) is 6. The fraction of sp³-hybridized carbons (Fsp3) is 0.276. The van der Waals surface area contributed by atoms with Crippen LogP contribution >= 0.6 is 11.5 Å². The SMILES string of the molecule is COc1cccc(Cc2nsc(N3CCC(C(=O)NC(c4ccccc4)c4ccccc4)CC3)n2)c1. The molecule has 0 atom stereocenters. The summed E-state index contributed by atoms with van der Waals surface area (Å²) >= 11 is 1.43. The van der Waals surface area contributed by atoms with E-state index in [1.165, 1.54) is 11.5 Å². The fourth-order valence-electron chi connectivity index (χ4n) is 4.65. The highest BCUT2D eigenvalue weighted by atomic mass is 32.1. The monoisotopic (exact) mass is 498 g/mol. The maximum Gasteiger partial charge on any atom is 0.223 e. The highest BCUT2D eigenvalue weighted by Crippen LogP contribution is 2.28. The number of methoxy groups -OCH3 is 1. The van der Waals surface area contributed by atoms with Crippen LogP contribution in [0, 0.1) is 5.92 Å². The largest absolute Gasteiger partial charge is 0.497 e. The summed E-state index contributed by atoms with van der Waals surface area (Å²) in [7, 11) is 1.67. The molecule has 1 fully saturated rings. The van der Waals surface area contributed by atoms with Crippen LogP contribution in [0.4, 0.5) is 5.13 Å². The number of rotatable bonds is 8. The van der Waals surface area contributed by atoms with Gasteiger partial charge in [0.2, 0.25) is 11.0 Å². The first-order valence-electron chi connectivity index (χ1n) is 12.3. The van der Waals surface area contributed by atoms with Crippen LogP contribution in [0.5, 0.6) is 5.75 Å². The van der Waals surface area contributed by atoms with Gasteiger partial charge >= 0.3 is 0 Å². The maximum absolute atomic E-state index is 13.3. The van der Waals surface area contributed by atoms with Gasteiger partial charge in [-0.1, -0.05) is 72.8 Å². The van der Waals surface area contributed by atoms with Crippen molar-refractivity contribution in [2.24, 2.45) is 5.92 Å². The van der Waals surface area contributed by atoms with Crippen LogP contribution in [-0.2, 0) is 11.2 Å². The number of amides is 1. The topological polar surface area (TPSA) is 67.3 Å². The van der Waals surface area contributed by atoms with E-state index < -0.39 is 0 Å². The van der Waals surface area contributed by atoms with E-state index in [1.54, 1.807) is 7.11 Å². The lowest BCUT2D eigenvalue weighted by atomic mass is 9.93. The van der Waals surface area contributed by atoms with Gasteiger partial charge < -0.3 is 15.0 Å². The lowest BCUT2D eigenvalue weighted by Crippen LogP contribution is -2.41. The molecule has 1 N–H and O–H groups in total. The zero-order valence-corrected chi connectivity index (χ0v) is 21.2. The average Bonchev–Trinajstić information content (AvgIpc) is 3.41. The van der Waals surface area contributed by atoms with Crippen LogP contribution in [0.1, 0.15) is 41.4 Å². The molecule has 4 aromatic rings. The minimum Gasteiger partial charge on any atom is -0.497 e. The third kappa shape index (κ3) is 5.74. The highest BCUT2D eigenvalue weighted by molar-refractivity contribution is 7.09. The van der Waals surface area contributed by atoms with Gasteiger partial charge in [-0.15, -0.1) is 0 Å². The molecule has 0 radical (unpaired) electrons. The molecule has 3 aromatic carbocycles. The number of nitrogens with one attached hydrogen (secondary N) is 1. The lowest BCUT2D eigenvalue weighted by molar-refractivity contribution is -0.126. The number of benzene rings is 3. The number of carbonyl (C=O) groups excluding carboxylic acids is 1. The standard InChI is InChI=1S/C29H30N4O2S/c1-35-25-14-8-9-21(19-25)20-26-30-29(36-32-26)33-17-15-24(16-18-33)28(34)31-27(22-10-4-2-5-11-22)23-12-6-3-7-13-23/h2-14,19,24,27H,15-18,20H2,1H3,(H,31,34). The molecule has 0 bridgehead atoms. The Morgan fingerprint density at radius 2 is 1.67 bits per heavy atom. The predicted molar refractivity (Wildman–Crippen MR) is 144 cm³/mol. The predicted octanol–water partition coefficient (Wildman–Crippen LogP) is 5.26. The van der Waals surface area contributed by atoms with Crippen molar-refractivity contribution in [3.8, 4) is 5.75 Å². The van der Waals surface area contributed by atoms with E-state index in [-0.39, 0.29) is 17.9 Å². The number of nitrogens with zero attached hydrogens (tertiary/aromatic N) is 3. The van der Waals surface area contributed by atoms with Crippen molar-refractivity contribution in [1.82, 2.24) is 14.7 Å². The summed E-state index contributed by atoms with van der Waals surface area (Å²) < 4.78 is 9.89. The second kappa shape index (κ2) is 11.4. The third-order valence-electron chi connectivity index (χ3n) is 6.64. The molecule has 1 amide bonds. The first kappa shape index (κ1) is 24.0. The molecule has 184 valence electrons. The van der Waals surface area contributed by atoms with Gasteiger partial charge in [0.1, 0.15) is 11.6 Å². The van der Waals surface area contributed by atoms with Crippen molar-refractivity contribution in [3.05, 3.63) is 107 Å². The Balaban J connectivity index is 1.19. The molecule has 7 heteroatoms. The molecular formula is C29H30N4O2S. The summed E-state index contributed by atoms with van der Waals surface area (Å²) in [5.41, 5.74) is 3.30. The van der Waals surface area contributed by atoms with E-state index in [9.17, 15) is 4.79 Å². The Labute approximate surface area is 216 Å². The molecule has 1 aliphatic heterocycles. The number of aromatic nitrogens is 2. The third-order valence-corrected chi connectivity index (χ3v) is 7.46. The van der Waals surface area contributed by atoms with E-state index in [0.717, 1.165) is 59.3 Å². The van der Waals surface area contributed by atoms with E-state index in [0.29, 0.717) is 6.42 Å². The summed E-state index contributed by atoms with van der Waals surface area (Å²) in [6.45, 7) is 1.60. The van der Waals surface area contributed by atoms with Gasteiger partial charge in [-0.2, -0.15) is 4.37 Å². The Bertz CT molecular complexity index is 1230. The molecule has 36 heavy (non-hydrogen) atoms.